The van der Waals surface area contributed by atoms with E-state index in [0.717, 1.165) is 26.7 Å². The van der Waals surface area contributed by atoms with Crippen molar-refractivity contribution in [3.05, 3.63) is 69.9 Å². The molecule has 0 amide bonds. The van der Waals surface area contributed by atoms with Crippen LogP contribution in [0.25, 0.3) is 22.5 Å². The van der Waals surface area contributed by atoms with Gasteiger partial charge in [-0.3, -0.25) is 0 Å². The third-order valence-corrected chi connectivity index (χ3v) is 4.73. The number of benzene rings is 2. The first kappa shape index (κ1) is 17.5. The molecule has 0 aliphatic rings. The van der Waals surface area contributed by atoms with Gasteiger partial charge in [-0.1, -0.05) is 58.4 Å². The third kappa shape index (κ3) is 3.27. The Balaban J connectivity index is 2.33. The van der Waals surface area contributed by atoms with Crippen molar-refractivity contribution in [1.29, 1.82) is 0 Å². The average molecular weight is 399 g/mol. The van der Waals surface area contributed by atoms with E-state index in [1.54, 1.807) is 6.92 Å². The minimum atomic E-state index is -0.372. The average Bonchev–Trinajstić information content (AvgIpc) is 2.93. The molecule has 0 unspecified atom stereocenters. The van der Waals surface area contributed by atoms with Gasteiger partial charge in [-0.2, -0.15) is 0 Å². The summed E-state index contributed by atoms with van der Waals surface area (Å²) in [6, 6.07) is 15.6. The molecular formula is C21H19BrO3. The highest BCUT2D eigenvalue weighted by molar-refractivity contribution is 9.10. The molecule has 0 N–H and O–H groups in total. The predicted molar refractivity (Wildman–Crippen MR) is 103 cm³/mol. The first-order valence-electron chi connectivity index (χ1n) is 8.16. The Bertz CT molecular complexity index is 890. The van der Waals surface area contributed by atoms with E-state index in [2.05, 4.69) is 15.9 Å². The van der Waals surface area contributed by atoms with Crippen LogP contribution in [0.5, 0.6) is 0 Å². The predicted octanol–water partition coefficient (Wildman–Crippen LogP) is 6.17. The monoisotopic (exact) mass is 398 g/mol. The second kappa shape index (κ2) is 7.28. The lowest BCUT2D eigenvalue weighted by molar-refractivity contribution is 0.0527. The summed E-state index contributed by atoms with van der Waals surface area (Å²) in [5.74, 6) is 0.863. The van der Waals surface area contributed by atoms with Crippen LogP contribution in [0.3, 0.4) is 0 Å². The molecule has 128 valence electrons. The maximum atomic E-state index is 12.8. The second-order valence-corrected chi connectivity index (χ2v) is 6.61. The summed E-state index contributed by atoms with van der Waals surface area (Å²) in [5, 5.41) is 0. The van der Waals surface area contributed by atoms with Gasteiger partial charge in [0.25, 0.3) is 0 Å². The minimum Gasteiger partial charge on any atom is -0.462 e. The van der Waals surface area contributed by atoms with Gasteiger partial charge in [0, 0.05) is 21.2 Å². The molecule has 0 fully saturated rings. The number of carbonyl (C=O) groups is 1. The largest absolute Gasteiger partial charge is 0.462 e. The van der Waals surface area contributed by atoms with Crippen LogP contribution < -0.4 is 0 Å². The van der Waals surface area contributed by atoms with Gasteiger partial charge in [0.1, 0.15) is 17.1 Å². The van der Waals surface area contributed by atoms with E-state index in [0.29, 0.717) is 23.7 Å². The summed E-state index contributed by atoms with van der Waals surface area (Å²) >= 11 is 3.61. The van der Waals surface area contributed by atoms with Crippen LogP contribution in [0.1, 0.15) is 28.6 Å². The van der Waals surface area contributed by atoms with Gasteiger partial charge in [0.2, 0.25) is 0 Å². The van der Waals surface area contributed by atoms with Crippen molar-refractivity contribution in [2.45, 2.75) is 20.8 Å². The SMILES string of the molecule is CCOC(=O)c1c(-c2ccccc2)oc(C)c1-c1c(C)cccc1Br. The highest BCUT2D eigenvalue weighted by atomic mass is 79.9. The van der Waals surface area contributed by atoms with E-state index >= 15 is 0 Å². The molecule has 0 saturated carbocycles. The van der Waals surface area contributed by atoms with E-state index in [1.165, 1.54) is 0 Å². The zero-order chi connectivity index (χ0) is 18.0. The highest BCUT2D eigenvalue weighted by Crippen LogP contribution is 2.42. The van der Waals surface area contributed by atoms with Crippen LogP contribution in [0.15, 0.2) is 57.4 Å². The minimum absolute atomic E-state index is 0.311. The zero-order valence-corrected chi connectivity index (χ0v) is 16.0. The molecular weight excluding hydrogens is 380 g/mol. The van der Waals surface area contributed by atoms with Gasteiger partial charge in [0.05, 0.1) is 6.61 Å². The summed E-state index contributed by atoms with van der Waals surface area (Å²) in [4.78, 5) is 12.8. The molecule has 0 bridgehead atoms. The number of hydrogen-bond acceptors (Lipinski definition) is 3. The number of halogens is 1. The van der Waals surface area contributed by atoms with E-state index in [-0.39, 0.29) is 5.97 Å². The molecule has 0 saturated heterocycles. The van der Waals surface area contributed by atoms with Gasteiger partial charge < -0.3 is 9.15 Å². The number of carbonyl (C=O) groups excluding carboxylic acids is 1. The Morgan fingerprint density at radius 1 is 1.04 bits per heavy atom. The number of esters is 1. The van der Waals surface area contributed by atoms with Crippen LogP contribution in [-0.4, -0.2) is 12.6 Å². The van der Waals surface area contributed by atoms with Gasteiger partial charge in [-0.25, -0.2) is 4.79 Å². The molecule has 1 aromatic heterocycles. The van der Waals surface area contributed by atoms with Gasteiger partial charge in [0.15, 0.2) is 0 Å². The molecule has 1 heterocycles. The van der Waals surface area contributed by atoms with E-state index < -0.39 is 0 Å². The molecule has 2 aromatic carbocycles. The van der Waals surface area contributed by atoms with Crippen LogP contribution >= 0.6 is 15.9 Å². The molecule has 4 heteroatoms. The van der Waals surface area contributed by atoms with Crippen molar-refractivity contribution < 1.29 is 13.9 Å². The van der Waals surface area contributed by atoms with E-state index in [4.69, 9.17) is 9.15 Å². The lowest BCUT2D eigenvalue weighted by atomic mass is 9.95. The Hall–Kier alpha value is -2.33. The number of furan rings is 1. The fraction of sp³-hybridized carbons (Fsp3) is 0.190. The Kier molecular flexibility index (Phi) is 5.09. The lowest BCUT2D eigenvalue weighted by Gasteiger charge is -2.10. The zero-order valence-electron chi connectivity index (χ0n) is 14.4. The summed E-state index contributed by atoms with van der Waals surface area (Å²) in [7, 11) is 0. The number of rotatable bonds is 4. The van der Waals surface area contributed by atoms with Crippen LogP contribution in [-0.2, 0) is 4.74 Å². The maximum Gasteiger partial charge on any atom is 0.342 e. The topological polar surface area (TPSA) is 39.4 Å². The number of hydrogen-bond donors (Lipinski definition) is 0. The standard InChI is InChI=1S/C21H19BrO3/c1-4-24-21(23)19-18(17-13(2)9-8-12-16(17)22)14(3)25-20(19)15-10-6-5-7-11-15/h5-12H,4H2,1-3H3. The molecule has 0 radical (unpaired) electrons. The van der Waals surface area contributed by atoms with Crippen molar-refractivity contribution >= 4 is 21.9 Å². The van der Waals surface area contributed by atoms with Crippen molar-refractivity contribution in [2.75, 3.05) is 6.61 Å². The molecule has 0 spiro atoms. The van der Waals surface area contributed by atoms with Crippen LogP contribution in [0, 0.1) is 13.8 Å². The third-order valence-electron chi connectivity index (χ3n) is 4.07. The summed E-state index contributed by atoms with van der Waals surface area (Å²) < 4.78 is 12.3. The lowest BCUT2D eigenvalue weighted by Crippen LogP contribution is -2.07. The van der Waals surface area contributed by atoms with E-state index in [9.17, 15) is 4.79 Å². The first-order chi connectivity index (χ1) is 12.0. The first-order valence-corrected chi connectivity index (χ1v) is 8.95. The summed E-state index contributed by atoms with van der Waals surface area (Å²) in [6.45, 7) is 6.01. The molecule has 3 aromatic rings. The number of aryl methyl sites for hydroxylation is 2. The van der Waals surface area contributed by atoms with Crippen molar-refractivity contribution in [3.63, 3.8) is 0 Å². The van der Waals surface area contributed by atoms with Gasteiger partial charge >= 0.3 is 5.97 Å². The van der Waals surface area contributed by atoms with Gasteiger partial charge in [-0.05, 0) is 32.4 Å². The maximum absolute atomic E-state index is 12.8. The van der Waals surface area contributed by atoms with Gasteiger partial charge in [-0.15, -0.1) is 0 Å². The summed E-state index contributed by atoms with van der Waals surface area (Å²) in [6.07, 6.45) is 0. The summed E-state index contributed by atoms with van der Waals surface area (Å²) in [5.41, 5.74) is 4.12. The Morgan fingerprint density at radius 2 is 1.76 bits per heavy atom. The highest BCUT2D eigenvalue weighted by Gasteiger charge is 2.28. The fourth-order valence-electron chi connectivity index (χ4n) is 2.99. The molecule has 0 atom stereocenters. The van der Waals surface area contributed by atoms with E-state index in [1.807, 2.05) is 62.4 Å². The van der Waals surface area contributed by atoms with Crippen molar-refractivity contribution in [3.8, 4) is 22.5 Å². The van der Waals surface area contributed by atoms with Crippen molar-refractivity contribution in [1.82, 2.24) is 0 Å². The second-order valence-electron chi connectivity index (χ2n) is 5.76. The number of ether oxygens (including phenoxy) is 1. The Morgan fingerprint density at radius 3 is 2.40 bits per heavy atom. The smallest absolute Gasteiger partial charge is 0.342 e. The molecule has 3 rings (SSSR count). The van der Waals surface area contributed by atoms with Crippen LogP contribution in [0.4, 0.5) is 0 Å². The van der Waals surface area contributed by atoms with Crippen LogP contribution in [0.2, 0.25) is 0 Å². The molecule has 0 aliphatic carbocycles. The van der Waals surface area contributed by atoms with Crippen molar-refractivity contribution in [2.24, 2.45) is 0 Å². The fourth-order valence-corrected chi connectivity index (χ4v) is 3.65. The quantitative estimate of drug-likeness (QED) is 0.493. The molecule has 0 aliphatic heterocycles. The normalized spacial score (nSPS) is 10.7. The molecule has 3 nitrogen and oxygen atoms in total. The molecule has 25 heavy (non-hydrogen) atoms. The Labute approximate surface area is 155 Å².